The molecule has 0 amide bonds. The highest BCUT2D eigenvalue weighted by molar-refractivity contribution is 7.99. The maximum Gasteiger partial charge on any atom is 0.123 e. The molecule has 1 atom stereocenters. The Bertz CT molecular complexity index is 250. The van der Waals surface area contributed by atoms with Gasteiger partial charge in [-0.25, -0.2) is 4.98 Å². The van der Waals surface area contributed by atoms with Crippen molar-refractivity contribution >= 4 is 17.6 Å². The second kappa shape index (κ2) is 5.09. The molecule has 4 heteroatoms. The average molecular weight is 198 g/mol. The summed E-state index contributed by atoms with van der Waals surface area (Å²) in [6.45, 7) is 2.31. The SMILES string of the molecule is CC(CCO)Sc1ccc(N)nc1. The lowest BCUT2D eigenvalue weighted by atomic mass is 10.3. The highest BCUT2D eigenvalue weighted by Gasteiger charge is 2.03. The Morgan fingerprint density at radius 2 is 2.38 bits per heavy atom. The van der Waals surface area contributed by atoms with Crippen molar-refractivity contribution in [3.8, 4) is 0 Å². The van der Waals surface area contributed by atoms with Crippen LogP contribution < -0.4 is 5.73 Å². The van der Waals surface area contributed by atoms with E-state index in [1.807, 2.05) is 6.07 Å². The van der Waals surface area contributed by atoms with Crippen LogP contribution >= 0.6 is 11.8 Å². The standard InChI is InChI=1S/C9H14N2OS/c1-7(4-5-12)13-8-2-3-9(10)11-6-8/h2-3,6-7,12H,4-5H2,1H3,(H2,10,11). The molecule has 0 spiro atoms. The van der Waals surface area contributed by atoms with Gasteiger partial charge in [-0.3, -0.25) is 0 Å². The average Bonchev–Trinajstić information content (AvgIpc) is 2.09. The Hall–Kier alpha value is -0.740. The minimum absolute atomic E-state index is 0.233. The summed E-state index contributed by atoms with van der Waals surface area (Å²) in [5.41, 5.74) is 5.46. The zero-order chi connectivity index (χ0) is 9.68. The Balaban J connectivity index is 2.49. The first-order valence-electron chi connectivity index (χ1n) is 4.21. The molecule has 0 aliphatic carbocycles. The molecule has 0 aromatic carbocycles. The normalized spacial score (nSPS) is 12.8. The van der Waals surface area contributed by atoms with Crippen molar-refractivity contribution in [2.75, 3.05) is 12.3 Å². The van der Waals surface area contributed by atoms with Crippen LogP contribution in [0.3, 0.4) is 0 Å². The van der Waals surface area contributed by atoms with E-state index in [-0.39, 0.29) is 6.61 Å². The first kappa shape index (κ1) is 10.3. The van der Waals surface area contributed by atoms with Crippen molar-refractivity contribution in [2.24, 2.45) is 0 Å². The van der Waals surface area contributed by atoms with Gasteiger partial charge in [0.05, 0.1) is 0 Å². The smallest absolute Gasteiger partial charge is 0.123 e. The fraction of sp³-hybridized carbons (Fsp3) is 0.444. The van der Waals surface area contributed by atoms with Gasteiger partial charge in [-0.15, -0.1) is 11.8 Å². The number of thioether (sulfide) groups is 1. The molecule has 1 rings (SSSR count). The van der Waals surface area contributed by atoms with E-state index in [4.69, 9.17) is 10.8 Å². The first-order valence-corrected chi connectivity index (χ1v) is 5.09. The van der Waals surface area contributed by atoms with E-state index in [0.29, 0.717) is 11.1 Å². The molecule has 0 saturated heterocycles. The van der Waals surface area contributed by atoms with Crippen LogP contribution in [-0.4, -0.2) is 21.9 Å². The number of nitrogens with two attached hydrogens (primary N) is 1. The van der Waals surface area contributed by atoms with Crippen LogP contribution in [0.2, 0.25) is 0 Å². The quantitative estimate of drug-likeness (QED) is 0.720. The van der Waals surface area contributed by atoms with Gasteiger partial charge in [0, 0.05) is 22.9 Å². The molecule has 0 aliphatic rings. The molecule has 0 radical (unpaired) electrons. The molecule has 0 fully saturated rings. The van der Waals surface area contributed by atoms with Crippen molar-refractivity contribution < 1.29 is 5.11 Å². The van der Waals surface area contributed by atoms with E-state index in [1.165, 1.54) is 0 Å². The molecule has 0 bridgehead atoms. The second-order valence-corrected chi connectivity index (χ2v) is 4.37. The van der Waals surface area contributed by atoms with E-state index >= 15 is 0 Å². The minimum atomic E-state index is 0.233. The molecule has 1 heterocycles. The Kier molecular flexibility index (Phi) is 4.05. The highest BCUT2D eigenvalue weighted by Crippen LogP contribution is 2.24. The van der Waals surface area contributed by atoms with Crippen molar-refractivity contribution in [1.82, 2.24) is 4.98 Å². The zero-order valence-corrected chi connectivity index (χ0v) is 8.42. The fourth-order valence-electron chi connectivity index (χ4n) is 0.934. The first-order chi connectivity index (χ1) is 6.22. The number of aliphatic hydroxyl groups excluding tert-OH is 1. The number of pyridine rings is 1. The molecular formula is C9H14N2OS. The van der Waals surface area contributed by atoms with Crippen molar-refractivity contribution in [2.45, 2.75) is 23.5 Å². The van der Waals surface area contributed by atoms with Crippen molar-refractivity contribution in [3.05, 3.63) is 18.3 Å². The predicted molar refractivity (Wildman–Crippen MR) is 55.7 cm³/mol. The van der Waals surface area contributed by atoms with E-state index in [9.17, 15) is 0 Å². The Labute approximate surface area is 82.4 Å². The second-order valence-electron chi connectivity index (χ2n) is 2.86. The van der Waals surface area contributed by atoms with Crippen LogP contribution in [0.4, 0.5) is 5.82 Å². The topological polar surface area (TPSA) is 59.1 Å². The van der Waals surface area contributed by atoms with Crippen LogP contribution in [-0.2, 0) is 0 Å². The lowest BCUT2D eigenvalue weighted by Gasteiger charge is -2.08. The third-order valence-corrected chi connectivity index (χ3v) is 2.78. The van der Waals surface area contributed by atoms with Gasteiger partial charge in [-0.05, 0) is 18.6 Å². The van der Waals surface area contributed by atoms with Gasteiger partial charge >= 0.3 is 0 Å². The summed E-state index contributed by atoms with van der Waals surface area (Å²) in [5.74, 6) is 0.541. The van der Waals surface area contributed by atoms with E-state index < -0.39 is 0 Å². The van der Waals surface area contributed by atoms with Crippen molar-refractivity contribution in [3.63, 3.8) is 0 Å². The number of aliphatic hydroxyl groups is 1. The van der Waals surface area contributed by atoms with Crippen molar-refractivity contribution in [1.29, 1.82) is 0 Å². The lowest BCUT2D eigenvalue weighted by molar-refractivity contribution is 0.289. The third kappa shape index (κ3) is 3.65. The van der Waals surface area contributed by atoms with Gasteiger partial charge < -0.3 is 10.8 Å². The number of hydrogen-bond donors (Lipinski definition) is 2. The lowest BCUT2D eigenvalue weighted by Crippen LogP contribution is -1.99. The molecule has 3 N–H and O–H groups in total. The van der Waals surface area contributed by atoms with Gasteiger partial charge in [0.2, 0.25) is 0 Å². The number of anilines is 1. The monoisotopic (exact) mass is 198 g/mol. The van der Waals surface area contributed by atoms with Crippen LogP contribution in [0.1, 0.15) is 13.3 Å². The van der Waals surface area contributed by atoms with Gasteiger partial charge in [0.25, 0.3) is 0 Å². The summed E-state index contributed by atoms with van der Waals surface area (Å²) in [4.78, 5) is 5.08. The summed E-state index contributed by atoms with van der Waals surface area (Å²) in [6.07, 6.45) is 2.56. The van der Waals surface area contributed by atoms with E-state index in [2.05, 4.69) is 11.9 Å². The van der Waals surface area contributed by atoms with E-state index in [0.717, 1.165) is 11.3 Å². The van der Waals surface area contributed by atoms with Crippen LogP contribution in [0, 0.1) is 0 Å². The van der Waals surface area contributed by atoms with Crippen LogP contribution in [0.5, 0.6) is 0 Å². The molecule has 13 heavy (non-hydrogen) atoms. The van der Waals surface area contributed by atoms with E-state index in [1.54, 1.807) is 24.0 Å². The predicted octanol–water partition coefficient (Wildman–Crippen LogP) is 1.53. The summed E-state index contributed by atoms with van der Waals surface area (Å²) in [5, 5.41) is 9.12. The summed E-state index contributed by atoms with van der Waals surface area (Å²) in [6, 6.07) is 3.73. The van der Waals surface area contributed by atoms with Crippen LogP contribution in [0.15, 0.2) is 23.2 Å². The van der Waals surface area contributed by atoms with Crippen LogP contribution in [0.25, 0.3) is 0 Å². The van der Waals surface area contributed by atoms with Gasteiger partial charge in [-0.1, -0.05) is 6.92 Å². The molecule has 72 valence electrons. The molecule has 3 nitrogen and oxygen atoms in total. The number of rotatable bonds is 4. The molecule has 0 aliphatic heterocycles. The Morgan fingerprint density at radius 3 is 2.92 bits per heavy atom. The highest BCUT2D eigenvalue weighted by atomic mass is 32.2. The number of aromatic nitrogens is 1. The maximum atomic E-state index is 8.71. The minimum Gasteiger partial charge on any atom is -0.396 e. The number of nitrogen functional groups attached to an aromatic ring is 1. The maximum absolute atomic E-state index is 8.71. The summed E-state index contributed by atoms with van der Waals surface area (Å²) < 4.78 is 0. The number of hydrogen-bond acceptors (Lipinski definition) is 4. The largest absolute Gasteiger partial charge is 0.396 e. The van der Waals surface area contributed by atoms with Gasteiger partial charge in [-0.2, -0.15) is 0 Å². The Morgan fingerprint density at radius 1 is 1.62 bits per heavy atom. The third-order valence-electron chi connectivity index (χ3n) is 1.63. The summed E-state index contributed by atoms with van der Waals surface area (Å²) in [7, 11) is 0. The fourth-order valence-corrected chi connectivity index (χ4v) is 1.88. The zero-order valence-electron chi connectivity index (χ0n) is 7.60. The molecule has 1 aromatic heterocycles. The molecular weight excluding hydrogens is 184 g/mol. The summed E-state index contributed by atoms with van der Waals surface area (Å²) >= 11 is 1.70. The molecule has 0 saturated carbocycles. The van der Waals surface area contributed by atoms with Gasteiger partial charge in [0.15, 0.2) is 0 Å². The van der Waals surface area contributed by atoms with Gasteiger partial charge in [0.1, 0.15) is 5.82 Å². The molecule has 1 unspecified atom stereocenters. The number of nitrogens with zero attached hydrogens (tertiary/aromatic N) is 1. The molecule has 1 aromatic rings.